The number of hydrogen-bond acceptors (Lipinski definition) is 4. The highest BCUT2D eigenvalue weighted by Gasteiger charge is 2.32. The van der Waals surface area contributed by atoms with Crippen molar-refractivity contribution in [3.63, 3.8) is 0 Å². The van der Waals surface area contributed by atoms with Crippen LogP contribution >= 0.6 is 0 Å². The topological polar surface area (TPSA) is 105 Å². The number of benzene rings is 1. The van der Waals surface area contributed by atoms with Gasteiger partial charge in [-0.2, -0.15) is 5.10 Å². The summed E-state index contributed by atoms with van der Waals surface area (Å²) in [4.78, 5) is 38.1. The van der Waals surface area contributed by atoms with Crippen molar-refractivity contribution in [1.29, 1.82) is 0 Å². The van der Waals surface area contributed by atoms with Crippen molar-refractivity contribution in [2.45, 2.75) is 38.6 Å². The van der Waals surface area contributed by atoms with Crippen LogP contribution in [0.1, 0.15) is 40.9 Å². The maximum Gasteiger partial charge on any atom is 0.335 e. The summed E-state index contributed by atoms with van der Waals surface area (Å²) in [5.74, 6) is -0.701. The van der Waals surface area contributed by atoms with Crippen LogP contribution in [0.3, 0.4) is 0 Å². The number of aromatic nitrogens is 2. The Hall–Kier alpha value is -3.16. The van der Waals surface area contributed by atoms with Gasteiger partial charge in [0.15, 0.2) is 0 Å². The number of aromatic carboxylic acids is 1. The highest BCUT2D eigenvalue weighted by Crippen LogP contribution is 2.21. The first kappa shape index (κ1) is 19.6. The van der Waals surface area contributed by atoms with E-state index in [1.165, 1.54) is 6.07 Å². The van der Waals surface area contributed by atoms with Gasteiger partial charge in [-0.1, -0.05) is 18.2 Å². The molecule has 2 heterocycles. The average molecular weight is 384 g/mol. The summed E-state index contributed by atoms with van der Waals surface area (Å²) in [5.41, 5.74) is 1.63. The minimum absolute atomic E-state index is 0.124. The molecule has 8 heteroatoms. The highest BCUT2D eigenvalue weighted by molar-refractivity contribution is 5.99. The highest BCUT2D eigenvalue weighted by atomic mass is 16.4. The third kappa shape index (κ3) is 4.21. The van der Waals surface area contributed by atoms with Crippen molar-refractivity contribution in [3.05, 3.63) is 47.2 Å². The van der Waals surface area contributed by atoms with Gasteiger partial charge in [-0.25, -0.2) is 4.79 Å². The quantitative estimate of drug-likeness (QED) is 0.788. The zero-order valence-electron chi connectivity index (χ0n) is 16.0. The second kappa shape index (κ2) is 8.24. The number of carboxylic acids is 1. The van der Waals surface area contributed by atoms with E-state index in [1.807, 2.05) is 13.0 Å². The van der Waals surface area contributed by atoms with Crippen LogP contribution in [0.15, 0.2) is 30.3 Å². The Balaban J connectivity index is 1.62. The van der Waals surface area contributed by atoms with Crippen molar-refractivity contribution in [3.8, 4) is 0 Å². The van der Waals surface area contributed by atoms with Gasteiger partial charge in [0.2, 0.25) is 5.91 Å². The van der Waals surface area contributed by atoms with Crippen LogP contribution in [0.25, 0.3) is 0 Å². The largest absolute Gasteiger partial charge is 0.478 e. The molecule has 0 bridgehead atoms. The third-order valence-electron chi connectivity index (χ3n) is 4.90. The first-order valence-electron chi connectivity index (χ1n) is 9.29. The lowest BCUT2D eigenvalue weighted by Crippen LogP contribution is -2.53. The number of aryl methyl sites for hydroxylation is 3. The Kier molecular flexibility index (Phi) is 5.77. The van der Waals surface area contributed by atoms with E-state index in [0.717, 1.165) is 17.9 Å². The molecule has 1 aromatic carbocycles. The number of piperidine rings is 1. The zero-order chi connectivity index (χ0) is 20.3. The van der Waals surface area contributed by atoms with E-state index >= 15 is 0 Å². The lowest BCUT2D eigenvalue weighted by Gasteiger charge is -2.32. The van der Waals surface area contributed by atoms with Gasteiger partial charge < -0.3 is 10.4 Å². The van der Waals surface area contributed by atoms with Crippen molar-refractivity contribution in [1.82, 2.24) is 15.1 Å². The minimum Gasteiger partial charge on any atom is -0.478 e. The number of carboxylic acid groups (broad SMARTS) is 1. The number of nitrogens with one attached hydrogen (secondary N) is 1. The van der Waals surface area contributed by atoms with E-state index < -0.39 is 12.0 Å². The zero-order valence-corrected chi connectivity index (χ0v) is 16.0. The molecule has 0 spiro atoms. The smallest absolute Gasteiger partial charge is 0.335 e. The molecule has 1 aliphatic heterocycles. The molecular weight excluding hydrogens is 360 g/mol. The van der Waals surface area contributed by atoms with Crippen LogP contribution in [0.2, 0.25) is 0 Å². The number of amides is 2. The molecule has 2 aromatic rings. The molecule has 0 saturated carbocycles. The summed E-state index contributed by atoms with van der Waals surface area (Å²) in [7, 11) is 1.79. The number of rotatable bonds is 6. The Labute approximate surface area is 163 Å². The molecule has 28 heavy (non-hydrogen) atoms. The van der Waals surface area contributed by atoms with Crippen LogP contribution in [0.5, 0.6) is 0 Å². The van der Waals surface area contributed by atoms with E-state index in [2.05, 4.69) is 10.4 Å². The van der Waals surface area contributed by atoms with E-state index in [4.69, 9.17) is 0 Å². The van der Waals surface area contributed by atoms with E-state index in [-0.39, 0.29) is 23.8 Å². The summed E-state index contributed by atoms with van der Waals surface area (Å²) in [6.07, 6.45) is 1.80. The van der Waals surface area contributed by atoms with Crippen molar-refractivity contribution in [2.75, 3.05) is 11.4 Å². The summed E-state index contributed by atoms with van der Waals surface area (Å²) in [5, 5.41) is 16.3. The molecule has 3 rings (SSSR count). The van der Waals surface area contributed by atoms with E-state index in [9.17, 15) is 19.5 Å². The minimum atomic E-state index is -1.01. The van der Waals surface area contributed by atoms with Crippen LogP contribution in [0.4, 0.5) is 5.82 Å². The first-order chi connectivity index (χ1) is 13.4. The monoisotopic (exact) mass is 384 g/mol. The Morgan fingerprint density at radius 3 is 2.75 bits per heavy atom. The summed E-state index contributed by atoms with van der Waals surface area (Å²) < 4.78 is 1.67. The number of carbonyl (C=O) groups is 3. The molecule has 1 atom stereocenters. The number of hydrogen-bond donors (Lipinski definition) is 2. The normalized spacial score (nSPS) is 16.9. The van der Waals surface area contributed by atoms with Gasteiger partial charge >= 0.3 is 5.97 Å². The third-order valence-corrected chi connectivity index (χ3v) is 4.90. The van der Waals surface area contributed by atoms with Gasteiger partial charge in [0.25, 0.3) is 5.91 Å². The van der Waals surface area contributed by atoms with Crippen LogP contribution in [0, 0.1) is 6.92 Å². The van der Waals surface area contributed by atoms with Crippen molar-refractivity contribution >= 4 is 23.6 Å². The molecule has 1 fully saturated rings. The van der Waals surface area contributed by atoms with Crippen LogP contribution in [-0.2, 0) is 23.1 Å². The SMILES string of the molecule is Cc1cc(N2CCCC(NC(=O)CCc3ccccc3C(=O)O)C2=O)n(C)n1. The number of carbonyl (C=O) groups excluding carboxylic acids is 2. The molecule has 1 aromatic heterocycles. The van der Waals surface area contributed by atoms with Gasteiger partial charge in [0.05, 0.1) is 11.3 Å². The summed E-state index contributed by atoms with van der Waals surface area (Å²) >= 11 is 0. The predicted molar refractivity (Wildman–Crippen MR) is 103 cm³/mol. The second-order valence-corrected chi connectivity index (χ2v) is 6.98. The van der Waals surface area contributed by atoms with Crippen LogP contribution < -0.4 is 10.2 Å². The molecule has 8 nitrogen and oxygen atoms in total. The van der Waals surface area contributed by atoms with Gasteiger partial charge in [0, 0.05) is 26.1 Å². The Morgan fingerprint density at radius 2 is 2.07 bits per heavy atom. The molecule has 0 radical (unpaired) electrons. The number of nitrogens with zero attached hydrogens (tertiary/aromatic N) is 3. The van der Waals surface area contributed by atoms with Crippen molar-refractivity contribution in [2.24, 2.45) is 7.05 Å². The average Bonchev–Trinajstić information content (AvgIpc) is 3.00. The first-order valence-corrected chi connectivity index (χ1v) is 9.29. The van der Waals surface area contributed by atoms with Crippen LogP contribution in [-0.4, -0.2) is 45.3 Å². The molecule has 148 valence electrons. The van der Waals surface area contributed by atoms with Gasteiger partial charge in [0.1, 0.15) is 11.9 Å². The summed E-state index contributed by atoms with van der Waals surface area (Å²) in [6, 6.07) is 7.90. The molecule has 1 unspecified atom stereocenters. The Bertz CT molecular complexity index is 905. The maximum atomic E-state index is 12.8. The fourth-order valence-electron chi connectivity index (χ4n) is 3.55. The van der Waals surface area contributed by atoms with E-state index in [0.29, 0.717) is 24.9 Å². The maximum absolute atomic E-state index is 12.8. The van der Waals surface area contributed by atoms with Gasteiger partial charge in [-0.15, -0.1) is 0 Å². The van der Waals surface area contributed by atoms with Gasteiger partial charge in [-0.05, 0) is 37.8 Å². The second-order valence-electron chi connectivity index (χ2n) is 6.98. The Morgan fingerprint density at radius 1 is 1.32 bits per heavy atom. The molecule has 1 aliphatic rings. The lowest BCUT2D eigenvalue weighted by molar-refractivity contribution is -0.128. The number of anilines is 1. The molecule has 0 aliphatic carbocycles. The van der Waals surface area contributed by atoms with Gasteiger partial charge in [-0.3, -0.25) is 19.2 Å². The molecule has 2 amide bonds. The molecule has 1 saturated heterocycles. The summed E-state index contributed by atoms with van der Waals surface area (Å²) in [6.45, 7) is 2.46. The van der Waals surface area contributed by atoms with Crippen molar-refractivity contribution < 1.29 is 19.5 Å². The molecule has 2 N–H and O–H groups in total. The fourth-order valence-corrected chi connectivity index (χ4v) is 3.55. The lowest BCUT2D eigenvalue weighted by atomic mass is 10.0. The predicted octanol–water partition coefficient (Wildman–Crippen LogP) is 1.67. The molecular formula is C20H24N4O4. The van der Waals surface area contributed by atoms with E-state index in [1.54, 1.807) is 34.8 Å². The fraction of sp³-hybridized carbons (Fsp3) is 0.400. The standard InChI is InChI=1S/C20H24N4O4/c1-13-12-18(23(2)22-13)24-11-5-8-16(19(24)26)21-17(25)10-9-14-6-3-4-7-15(14)20(27)28/h3-4,6-7,12,16H,5,8-11H2,1-2H3,(H,21,25)(H,27,28).